The average molecular weight is 344 g/mol. The first-order valence-corrected chi connectivity index (χ1v) is 6.97. The van der Waals surface area contributed by atoms with Gasteiger partial charge in [0.25, 0.3) is 0 Å². The van der Waals surface area contributed by atoms with Crippen LogP contribution in [0.25, 0.3) is 0 Å². The molecule has 0 bridgehead atoms. The summed E-state index contributed by atoms with van der Waals surface area (Å²) in [6.45, 7) is 1.95. The zero-order valence-corrected chi connectivity index (χ0v) is 12.3. The van der Waals surface area contributed by atoms with Crippen molar-refractivity contribution in [2.75, 3.05) is 5.32 Å². The van der Waals surface area contributed by atoms with Crippen molar-refractivity contribution >= 4 is 21.6 Å². The molecule has 1 unspecified atom stereocenters. The SMILES string of the molecule is CCC(Nc1cc(F)c(F)c(F)c1)c1ccc(Br)cc1. The van der Waals surface area contributed by atoms with Gasteiger partial charge in [-0.2, -0.15) is 0 Å². The Balaban J connectivity index is 2.24. The summed E-state index contributed by atoms with van der Waals surface area (Å²) >= 11 is 3.35. The monoisotopic (exact) mass is 343 g/mol. The molecular formula is C15H13BrF3N. The molecule has 0 aliphatic rings. The molecule has 20 heavy (non-hydrogen) atoms. The van der Waals surface area contributed by atoms with E-state index in [0.29, 0.717) is 0 Å². The van der Waals surface area contributed by atoms with Crippen molar-refractivity contribution in [3.05, 3.63) is 63.9 Å². The van der Waals surface area contributed by atoms with Crippen LogP contribution in [0.3, 0.4) is 0 Å². The van der Waals surface area contributed by atoms with Crippen molar-refractivity contribution in [2.24, 2.45) is 0 Å². The maximum absolute atomic E-state index is 13.2. The van der Waals surface area contributed by atoms with Crippen LogP contribution in [0.4, 0.5) is 18.9 Å². The lowest BCUT2D eigenvalue weighted by atomic mass is 10.0. The van der Waals surface area contributed by atoms with Gasteiger partial charge in [0.15, 0.2) is 17.5 Å². The molecule has 1 N–H and O–H groups in total. The predicted octanol–water partition coefficient (Wildman–Crippen LogP) is 5.43. The third-order valence-electron chi connectivity index (χ3n) is 3.01. The van der Waals surface area contributed by atoms with Crippen molar-refractivity contribution < 1.29 is 13.2 Å². The minimum atomic E-state index is -1.45. The zero-order chi connectivity index (χ0) is 14.7. The molecule has 2 aromatic rings. The van der Waals surface area contributed by atoms with Crippen molar-refractivity contribution in [3.63, 3.8) is 0 Å². The molecule has 0 saturated heterocycles. The normalized spacial score (nSPS) is 12.2. The number of rotatable bonds is 4. The van der Waals surface area contributed by atoms with Gasteiger partial charge in [0.1, 0.15) is 0 Å². The lowest BCUT2D eigenvalue weighted by Crippen LogP contribution is -2.10. The largest absolute Gasteiger partial charge is 0.378 e. The molecule has 106 valence electrons. The van der Waals surface area contributed by atoms with E-state index in [4.69, 9.17) is 0 Å². The molecule has 0 heterocycles. The van der Waals surface area contributed by atoms with Crippen LogP contribution in [0.15, 0.2) is 40.9 Å². The molecular weight excluding hydrogens is 331 g/mol. The van der Waals surface area contributed by atoms with Crippen molar-refractivity contribution in [2.45, 2.75) is 19.4 Å². The number of nitrogens with one attached hydrogen (secondary N) is 1. The second-order valence-electron chi connectivity index (χ2n) is 4.41. The van der Waals surface area contributed by atoms with Crippen LogP contribution in [0.5, 0.6) is 0 Å². The highest BCUT2D eigenvalue weighted by Crippen LogP contribution is 2.26. The van der Waals surface area contributed by atoms with Gasteiger partial charge in [-0.05, 0) is 24.1 Å². The highest BCUT2D eigenvalue weighted by Gasteiger charge is 2.14. The van der Waals surface area contributed by atoms with Crippen LogP contribution >= 0.6 is 15.9 Å². The van der Waals surface area contributed by atoms with Gasteiger partial charge < -0.3 is 5.32 Å². The van der Waals surface area contributed by atoms with Crippen molar-refractivity contribution in [1.82, 2.24) is 0 Å². The van der Waals surface area contributed by atoms with Crippen LogP contribution in [0, 0.1) is 17.5 Å². The Bertz CT molecular complexity index is 576. The summed E-state index contributed by atoms with van der Waals surface area (Å²) in [5.41, 5.74) is 1.21. The van der Waals surface area contributed by atoms with E-state index in [1.807, 2.05) is 31.2 Å². The van der Waals surface area contributed by atoms with Crippen molar-refractivity contribution in [3.8, 4) is 0 Å². The van der Waals surface area contributed by atoms with Gasteiger partial charge in [-0.25, -0.2) is 13.2 Å². The van der Waals surface area contributed by atoms with Gasteiger partial charge in [0.05, 0.1) is 6.04 Å². The Morgan fingerprint density at radius 3 is 2.10 bits per heavy atom. The van der Waals surface area contributed by atoms with E-state index in [0.717, 1.165) is 28.6 Å². The van der Waals surface area contributed by atoms with E-state index >= 15 is 0 Å². The number of anilines is 1. The standard InChI is InChI=1S/C15H13BrF3N/c1-2-14(9-3-5-10(16)6-4-9)20-11-7-12(17)15(19)13(18)8-11/h3-8,14,20H,2H2,1H3. The fraction of sp³-hybridized carbons (Fsp3) is 0.200. The van der Waals surface area contributed by atoms with Gasteiger partial charge in [-0.3, -0.25) is 0 Å². The lowest BCUT2D eigenvalue weighted by molar-refractivity contribution is 0.447. The number of hydrogen-bond donors (Lipinski definition) is 1. The molecule has 0 fully saturated rings. The number of halogens is 4. The summed E-state index contributed by atoms with van der Waals surface area (Å²) in [5.74, 6) is -3.84. The van der Waals surface area contributed by atoms with Gasteiger partial charge in [-0.1, -0.05) is 35.0 Å². The van der Waals surface area contributed by atoms with E-state index in [-0.39, 0.29) is 11.7 Å². The molecule has 0 spiro atoms. The summed E-state index contributed by atoms with van der Waals surface area (Å²) < 4.78 is 40.2. The molecule has 1 atom stereocenters. The molecule has 0 saturated carbocycles. The summed E-state index contributed by atoms with van der Waals surface area (Å²) in [5, 5.41) is 3.01. The maximum Gasteiger partial charge on any atom is 0.194 e. The Kier molecular flexibility index (Phi) is 4.70. The highest BCUT2D eigenvalue weighted by atomic mass is 79.9. The fourth-order valence-electron chi connectivity index (χ4n) is 1.96. The molecule has 1 nitrogen and oxygen atoms in total. The molecule has 0 radical (unpaired) electrons. The van der Waals surface area contributed by atoms with Crippen LogP contribution in [-0.2, 0) is 0 Å². The van der Waals surface area contributed by atoms with E-state index in [9.17, 15) is 13.2 Å². The first-order chi connectivity index (χ1) is 9.51. The van der Waals surface area contributed by atoms with E-state index < -0.39 is 17.5 Å². The van der Waals surface area contributed by atoms with E-state index in [1.54, 1.807) is 0 Å². The quantitative estimate of drug-likeness (QED) is 0.730. The summed E-state index contributed by atoms with van der Waals surface area (Å²) in [4.78, 5) is 0. The van der Waals surface area contributed by atoms with Crippen molar-refractivity contribution in [1.29, 1.82) is 0 Å². The van der Waals surface area contributed by atoms with Crippen LogP contribution in [0.1, 0.15) is 24.9 Å². The van der Waals surface area contributed by atoms with Gasteiger partial charge in [0, 0.05) is 22.3 Å². The van der Waals surface area contributed by atoms with Crippen LogP contribution < -0.4 is 5.32 Å². The molecule has 2 aromatic carbocycles. The third kappa shape index (κ3) is 3.33. The Morgan fingerprint density at radius 1 is 1.05 bits per heavy atom. The Morgan fingerprint density at radius 2 is 1.60 bits per heavy atom. The number of hydrogen-bond acceptors (Lipinski definition) is 1. The van der Waals surface area contributed by atoms with Gasteiger partial charge in [0.2, 0.25) is 0 Å². The fourth-order valence-corrected chi connectivity index (χ4v) is 2.22. The highest BCUT2D eigenvalue weighted by molar-refractivity contribution is 9.10. The first kappa shape index (κ1) is 14.9. The molecule has 0 amide bonds. The second kappa shape index (κ2) is 6.31. The molecule has 5 heteroatoms. The minimum absolute atomic E-state index is 0.104. The first-order valence-electron chi connectivity index (χ1n) is 6.17. The molecule has 0 aromatic heterocycles. The van der Waals surface area contributed by atoms with E-state index in [2.05, 4.69) is 21.2 Å². The van der Waals surface area contributed by atoms with E-state index in [1.165, 1.54) is 0 Å². The smallest absolute Gasteiger partial charge is 0.194 e. The van der Waals surface area contributed by atoms with Crippen LogP contribution in [0.2, 0.25) is 0 Å². The average Bonchev–Trinajstić information content (AvgIpc) is 2.43. The molecule has 0 aliphatic heterocycles. The second-order valence-corrected chi connectivity index (χ2v) is 5.33. The Labute approximate surface area is 123 Å². The van der Waals surface area contributed by atoms with Gasteiger partial charge >= 0.3 is 0 Å². The maximum atomic E-state index is 13.2. The summed E-state index contributed by atoms with van der Waals surface area (Å²) in [6.07, 6.45) is 0.724. The Hall–Kier alpha value is -1.49. The zero-order valence-electron chi connectivity index (χ0n) is 10.8. The third-order valence-corrected chi connectivity index (χ3v) is 3.53. The summed E-state index contributed by atoms with van der Waals surface area (Å²) in [6, 6.07) is 9.44. The molecule has 2 rings (SSSR count). The number of benzene rings is 2. The summed E-state index contributed by atoms with van der Waals surface area (Å²) in [7, 11) is 0. The van der Waals surface area contributed by atoms with Crippen LogP contribution in [-0.4, -0.2) is 0 Å². The topological polar surface area (TPSA) is 12.0 Å². The van der Waals surface area contributed by atoms with Gasteiger partial charge in [-0.15, -0.1) is 0 Å². The predicted molar refractivity (Wildman–Crippen MR) is 77.1 cm³/mol. The minimum Gasteiger partial charge on any atom is -0.378 e. The molecule has 0 aliphatic carbocycles. The lowest BCUT2D eigenvalue weighted by Gasteiger charge is -2.19.